The Kier molecular flexibility index (Phi) is 7.76. The lowest BCUT2D eigenvalue weighted by Gasteiger charge is -2.30. The van der Waals surface area contributed by atoms with Crippen LogP contribution in [0.3, 0.4) is 0 Å². The summed E-state index contributed by atoms with van der Waals surface area (Å²) >= 11 is 0. The molecule has 4 atom stereocenters. The van der Waals surface area contributed by atoms with E-state index in [-0.39, 0.29) is 18.3 Å². The van der Waals surface area contributed by atoms with Crippen LogP contribution < -0.4 is 5.48 Å². The molecule has 0 spiro atoms. The summed E-state index contributed by atoms with van der Waals surface area (Å²) in [6.07, 6.45) is 4.67. The number of nitrogens with one attached hydrogen (secondary N) is 1. The molecule has 1 saturated carbocycles. The maximum atomic E-state index is 10.4. The SMILES string of the molecule is CCCCCC(O)C#CC1C(O)CC2=C(NOCCCC(=O)O)CC21. The number of aliphatic hydroxyl groups excluding tert-OH is 2. The van der Waals surface area contributed by atoms with E-state index in [1.165, 1.54) is 0 Å². The van der Waals surface area contributed by atoms with Crippen LogP contribution in [0.5, 0.6) is 0 Å². The minimum atomic E-state index is -0.827. The zero-order valence-electron chi connectivity index (χ0n) is 14.8. The predicted molar refractivity (Wildman–Crippen MR) is 93.1 cm³/mol. The van der Waals surface area contributed by atoms with E-state index in [0.29, 0.717) is 25.9 Å². The molecule has 25 heavy (non-hydrogen) atoms. The third kappa shape index (κ3) is 5.74. The number of fused-ring (bicyclic) bond motifs is 1. The van der Waals surface area contributed by atoms with Gasteiger partial charge in [0.15, 0.2) is 0 Å². The molecule has 0 aromatic rings. The van der Waals surface area contributed by atoms with Crippen molar-refractivity contribution in [2.24, 2.45) is 11.8 Å². The van der Waals surface area contributed by atoms with E-state index in [2.05, 4.69) is 24.2 Å². The summed E-state index contributed by atoms with van der Waals surface area (Å²) in [7, 11) is 0. The summed E-state index contributed by atoms with van der Waals surface area (Å²) in [5.74, 6) is 5.27. The molecule has 2 aliphatic rings. The number of hydrogen-bond donors (Lipinski definition) is 4. The van der Waals surface area contributed by atoms with E-state index in [4.69, 9.17) is 9.94 Å². The largest absolute Gasteiger partial charge is 0.481 e. The number of carbonyl (C=O) groups is 1. The predicted octanol–water partition coefficient (Wildman–Crippen LogP) is 1.97. The standard InChI is InChI=1S/C19H29NO5/c1-2-3-4-6-13(21)8-9-14-15-11-17(16(15)12-18(14)22)20-25-10-5-7-19(23)24/h13-15,18,20-22H,2-7,10-12H2,1H3,(H,23,24). The van der Waals surface area contributed by atoms with Crippen LogP contribution in [0.15, 0.2) is 11.3 Å². The highest BCUT2D eigenvalue weighted by Crippen LogP contribution is 2.48. The molecule has 0 heterocycles. The molecular formula is C19H29NO5. The van der Waals surface area contributed by atoms with Crippen molar-refractivity contribution in [3.05, 3.63) is 11.3 Å². The average Bonchev–Trinajstić information content (AvgIpc) is 2.80. The van der Waals surface area contributed by atoms with Gasteiger partial charge >= 0.3 is 5.97 Å². The van der Waals surface area contributed by atoms with E-state index in [9.17, 15) is 15.0 Å². The number of rotatable bonds is 10. The third-order valence-electron chi connectivity index (χ3n) is 4.87. The summed E-state index contributed by atoms with van der Waals surface area (Å²) in [6, 6.07) is 0. The van der Waals surface area contributed by atoms with Gasteiger partial charge in [-0.15, -0.1) is 0 Å². The third-order valence-corrected chi connectivity index (χ3v) is 4.87. The second-order valence-corrected chi connectivity index (χ2v) is 6.86. The first-order chi connectivity index (χ1) is 12.0. The van der Waals surface area contributed by atoms with Gasteiger partial charge < -0.3 is 15.3 Å². The fourth-order valence-electron chi connectivity index (χ4n) is 3.40. The number of hydrogen-bond acceptors (Lipinski definition) is 5. The average molecular weight is 351 g/mol. The Morgan fingerprint density at radius 2 is 2.16 bits per heavy atom. The van der Waals surface area contributed by atoms with Gasteiger partial charge in [-0.1, -0.05) is 31.6 Å². The Labute approximate surface area is 149 Å². The number of unbranched alkanes of at least 4 members (excludes halogenated alkanes) is 2. The first-order valence-corrected chi connectivity index (χ1v) is 9.21. The molecule has 0 bridgehead atoms. The summed E-state index contributed by atoms with van der Waals surface area (Å²) < 4.78 is 0. The van der Waals surface area contributed by atoms with Crippen LogP contribution in [0, 0.1) is 23.7 Å². The van der Waals surface area contributed by atoms with Crippen LogP contribution in [-0.4, -0.2) is 40.1 Å². The highest BCUT2D eigenvalue weighted by molar-refractivity contribution is 5.66. The lowest BCUT2D eigenvalue weighted by Crippen LogP contribution is -2.30. The first kappa shape index (κ1) is 19.8. The zero-order valence-corrected chi connectivity index (χ0v) is 14.8. The number of aliphatic hydroxyl groups is 2. The second kappa shape index (κ2) is 9.81. The number of allylic oxidation sites excluding steroid dienone is 1. The van der Waals surface area contributed by atoms with Gasteiger partial charge in [-0.3, -0.25) is 15.1 Å². The molecule has 0 aliphatic heterocycles. The lowest BCUT2D eigenvalue weighted by molar-refractivity contribution is -0.137. The molecule has 0 aromatic carbocycles. The van der Waals surface area contributed by atoms with Crippen LogP contribution in [0.2, 0.25) is 0 Å². The van der Waals surface area contributed by atoms with Gasteiger partial charge in [-0.2, -0.15) is 0 Å². The maximum Gasteiger partial charge on any atom is 0.303 e. The van der Waals surface area contributed by atoms with Crippen molar-refractivity contribution >= 4 is 5.97 Å². The first-order valence-electron chi connectivity index (χ1n) is 9.21. The normalized spacial score (nSPS) is 25.6. The molecule has 2 rings (SSSR count). The number of aliphatic carboxylic acids is 1. The lowest BCUT2D eigenvalue weighted by atomic mass is 9.79. The highest BCUT2D eigenvalue weighted by atomic mass is 16.6. The fraction of sp³-hybridized carbons (Fsp3) is 0.737. The molecule has 4 unspecified atom stereocenters. The summed E-state index contributed by atoms with van der Waals surface area (Å²) in [5, 5.41) is 28.7. The molecule has 140 valence electrons. The molecular weight excluding hydrogens is 322 g/mol. The second-order valence-electron chi connectivity index (χ2n) is 6.86. The van der Waals surface area contributed by atoms with Crippen molar-refractivity contribution in [3.63, 3.8) is 0 Å². The number of carboxylic acids is 1. The van der Waals surface area contributed by atoms with E-state index in [1.54, 1.807) is 0 Å². The Bertz CT molecular complexity index is 548. The fourth-order valence-corrected chi connectivity index (χ4v) is 3.40. The van der Waals surface area contributed by atoms with Crippen molar-refractivity contribution < 1.29 is 25.0 Å². The van der Waals surface area contributed by atoms with E-state index in [0.717, 1.165) is 37.0 Å². The topological polar surface area (TPSA) is 99.0 Å². The van der Waals surface area contributed by atoms with E-state index in [1.807, 2.05) is 0 Å². The molecule has 2 aliphatic carbocycles. The van der Waals surface area contributed by atoms with Crippen LogP contribution in [-0.2, 0) is 9.63 Å². The molecule has 6 nitrogen and oxygen atoms in total. The maximum absolute atomic E-state index is 10.4. The minimum Gasteiger partial charge on any atom is -0.481 e. The van der Waals surface area contributed by atoms with Gasteiger partial charge in [0.05, 0.1) is 18.6 Å². The molecule has 0 saturated heterocycles. The molecule has 1 fully saturated rings. The number of carboxylic acid groups (broad SMARTS) is 1. The van der Waals surface area contributed by atoms with E-state index >= 15 is 0 Å². The Morgan fingerprint density at radius 3 is 2.88 bits per heavy atom. The van der Waals surface area contributed by atoms with Crippen molar-refractivity contribution in [1.29, 1.82) is 0 Å². The number of hydroxylamine groups is 1. The van der Waals surface area contributed by atoms with Gasteiger partial charge in [0.2, 0.25) is 0 Å². The Balaban J connectivity index is 1.77. The van der Waals surface area contributed by atoms with Gasteiger partial charge in [0.25, 0.3) is 0 Å². The van der Waals surface area contributed by atoms with Gasteiger partial charge in [0, 0.05) is 18.0 Å². The van der Waals surface area contributed by atoms with Crippen LogP contribution >= 0.6 is 0 Å². The molecule has 0 radical (unpaired) electrons. The van der Waals surface area contributed by atoms with Gasteiger partial charge in [0.1, 0.15) is 6.10 Å². The molecule has 4 N–H and O–H groups in total. The Morgan fingerprint density at radius 1 is 1.36 bits per heavy atom. The van der Waals surface area contributed by atoms with E-state index < -0.39 is 18.2 Å². The van der Waals surface area contributed by atoms with Crippen LogP contribution in [0.4, 0.5) is 0 Å². The summed E-state index contributed by atoms with van der Waals surface area (Å²) in [4.78, 5) is 15.7. The summed E-state index contributed by atoms with van der Waals surface area (Å²) in [6.45, 7) is 2.46. The quantitative estimate of drug-likeness (QED) is 0.273. The van der Waals surface area contributed by atoms with Crippen molar-refractivity contribution in [1.82, 2.24) is 5.48 Å². The Hall–Kier alpha value is -1.55. The zero-order chi connectivity index (χ0) is 18.2. The van der Waals surface area contributed by atoms with Crippen LogP contribution in [0.25, 0.3) is 0 Å². The highest BCUT2D eigenvalue weighted by Gasteiger charge is 2.45. The van der Waals surface area contributed by atoms with Gasteiger partial charge in [-0.25, -0.2) is 0 Å². The molecule has 0 amide bonds. The van der Waals surface area contributed by atoms with Crippen molar-refractivity contribution in [2.75, 3.05) is 6.61 Å². The van der Waals surface area contributed by atoms with Crippen LogP contribution in [0.1, 0.15) is 58.3 Å². The monoisotopic (exact) mass is 351 g/mol. The smallest absolute Gasteiger partial charge is 0.303 e. The van der Waals surface area contributed by atoms with Gasteiger partial charge in [-0.05, 0) is 37.7 Å². The minimum absolute atomic E-state index is 0.0904. The molecule has 6 heteroatoms. The molecule has 0 aromatic heterocycles. The van der Waals surface area contributed by atoms with Crippen molar-refractivity contribution in [3.8, 4) is 11.8 Å². The summed E-state index contributed by atoms with van der Waals surface area (Å²) in [5.41, 5.74) is 5.01. The van der Waals surface area contributed by atoms with Crippen molar-refractivity contribution in [2.45, 2.75) is 70.5 Å².